The lowest BCUT2D eigenvalue weighted by atomic mass is 10.0. The molecule has 178 valence electrons. The highest BCUT2D eigenvalue weighted by atomic mass is 35.5. The molecular formula is C26H23Cl4FN2O. The van der Waals surface area contributed by atoms with Crippen molar-refractivity contribution < 1.29 is 9.50 Å². The summed E-state index contributed by atoms with van der Waals surface area (Å²) in [6.07, 6.45) is 2.96. The molecule has 0 amide bonds. The predicted octanol–water partition coefficient (Wildman–Crippen LogP) is 8.69. The summed E-state index contributed by atoms with van der Waals surface area (Å²) in [5.74, 6) is -0.850. The second-order valence-corrected chi connectivity index (χ2v) is 10.9. The molecule has 2 unspecified atom stereocenters. The third-order valence-corrected chi connectivity index (χ3v) is 7.46. The molecule has 0 heterocycles. The largest absolute Gasteiger partial charge is 0.507 e. The van der Waals surface area contributed by atoms with Crippen LogP contribution in [-0.2, 0) is 0 Å². The number of nitrogens with one attached hydrogen (secondary N) is 2. The molecular weight excluding hydrogens is 517 g/mol. The van der Waals surface area contributed by atoms with E-state index in [2.05, 4.69) is 23.8 Å². The molecule has 2 aliphatic carbocycles. The van der Waals surface area contributed by atoms with E-state index in [9.17, 15) is 9.50 Å². The summed E-state index contributed by atoms with van der Waals surface area (Å²) in [5, 5.41) is 17.6. The van der Waals surface area contributed by atoms with Crippen LogP contribution in [0.4, 0.5) is 10.1 Å². The Morgan fingerprint density at radius 1 is 1.09 bits per heavy atom. The second kappa shape index (κ2) is 9.50. The molecule has 0 saturated heterocycles. The minimum atomic E-state index is -1.07. The minimum Gasteiger partial charge on any atom is -0.507 e. The summed E-state index contributed by atoms with van der Waals surface area (Å²) in [5.41, 5.74) is 4.14. The summed E-state index contributed by atoms with van der Waals surface area (Å²) >= 11 is 25.5. The Morgan fingerprint density at radius 2 is 1.76 bits per heavy atom. The highest BCUT2D eigenvalue weighted by Gasteiger charge is 2.65. The van der Waals surface area contributed by atoms with Gasteiger partial charge in [-0.15, -0.1) is 23.2 Å². The monoisotopic (exact) mass is 538 g/mol. The van der Waals surface area contributed by atoms with Gasteiger partial charge in [0, 0.05) is 44.5 Å². The van der Waals surface area contributed by atoms with Gasteiger partial charge in [0.25, 0.3) is 0 Å². The molecule has 1 fully saturated rings. The van der Waals surface area contributed by atoms with Crippen molar-refractivity contribution in [2.45, 2.75) is 30.0 Å². The summed E-state index contributed by atoms with van der Waals surface area (Å²) < 4.78 is 13.2. The van der Waals surface area contributed by atoms with Crippen molar-refractivity contribution in [3.8, 4) is 5.75 Å². The fraction of sp³-hybridized carbons (Fsp3) is 0.231. The summed E-state index contributed by atoms with van der Waals surface area (Å²) in [4.78, 5) is 0. The van der Waals surface area contributed by atoms with Gasteiger partial charge in [0.05, 0.1) is 5.70 Å². The highest BCUT2D eigenvalue weighted by molar-refractivity contribution is 6.52. The van der Waals surface area contributed by atoms with E-state index in [0.717, 1.165) is 17.6 Å². The van der Waals surface area contributed by atoms with Gasteiger partial charge in [0.15, 0.2) is 0 Å². The van der Waals surface area contributed by atoms with Gasteiger partial charge in [-0.2, -0.15) is 0 Å². The van der Waals surface area contributed by atoms with E-state index in [1.165, 1.54) is 12.1 Å². The van der Waals surface area contributed by atoms with Gasteiger partial charge in [-0.1, -0.05) is 36.4 Å². The zero-order valence-electron chi connectivity index (χ0n) is 18.4. The number of phenols is 1. The Morgan fingerprint density at radius 3 is 2.41 bits per heavy atom. The van der Waals surface area contributed by atoms with Crippen LogP contribution in [-0.4, -0.2) is 9.44 Å². The van der Waals surface area contributed by atoms with Crippen molar-refractivity contribution in [3.63, 3.8) is 0 Å². The average Bonchev–Trinajstić information content (AvgIpc) is 3.33. The van der Waals surface area contributed by atoms with Crippen LogP contribution >= 0.6 is 46.4 Å². The number of hydrogen-bond donors (Lipinski definition) is 3. The van der Waals surface area contributed by atoms with E-state index in [0.29, 0.717) is 44.8 Å². The van der Waals surface area contributed by atoms with E-state index in [1.807, 2.05) is 6.92 Å². The summed E-state index contributed by atoms with van der Waals surface area (Å²) in [6, 6.07) is 10.1. The molecule has 0 spiro atoms. The van der Waals surface area contributed by atoms with Crippen LogP contribution in [0.1, 0.15) is 36.8 Å². The molecule has 2 atom stereocenters. The zero-order valence-corrected chi connectivity index (χ0v) is 21.4. The summed E-state index contributed by atoms with van der Waals surface area (Å²) in [6.45, 7) is 9.99. The Balaban J connectivity index is 1.52. The van der Waals surface area contributed by atoms with Gasteiger partial charge >= 0.3 is 0 Å². The maximum absolute atomic E-state index is 14.3. The third-order valence-electron chi connectivity index (χ3n) is 6.08. The number of benzene rings is 2. The van der Waals surface area contributed by atoms with E-state index >= 15 is 0 Å². The highest BCUT2D eigenvalue weighted by Crippen LogP contribution is 2.67. The Labute approximate surface area is 218 Å². The molecule has 0 radical (unpaired) electrons. The molecule has 2 aromatic rings. The van der Waals surface area contributed by atoms with E-state index in [4.69, 9.17) is 46.4 Å². The normalized spacial score (nSPS) is 21.1. The standard InChI is InChI=1S/C26H23Cl4FN2O/c1-13-5-4-6-21(31)25(13)33-14(2)20-12-19(7-8-22(20)34)32-15(3)23-24(26(23,29)30)16-9-17(27)11-18(28)10-16/h6-12,23-24,32-34H,2-5H2,1H3. The van der Waals surface area contributed by atoms with Gasteiger partial charge in [0.1, 0.15) is 15.9 Å². The van der Waals surface area contributed by atoms with E-state index in [1.54, 1.807) is 30.3 Å². The first kappa shape index (κ1) is 25.0. The SMILES string of the molecule is C=C(NC1=C(C)CCC=C1F)c1cc(NC(=C)C2C(c3cc(Cl)cc(Cl)c3)C2(Cl)Cl)ccc1O. The number of hydrogen-bond acceptors (Lipinski definition) is 3. The van der Waals surface area contributed by atoms with Gasteiger partial charge in [-0.25, -0.2) is 4.39 Å². The maximum Gasteiger partial charge on any atom is 0.142 e. The number of halogens is 5. The molecule has 3 N–H and O–H groups in total. The number of allylic oxidation sites excluding steroid dienone is 4. The molecule has 2 aliphatic rings. The minimum absolute atomic E-state index is 0.00835. The molecule has 0 bridgehead atoms. The van der Waals surface area contributed by atoms with Crippen LogP contribution in [0.3, 0.4) is 0 Å². The van der Waals surface area contributed by atoms with Gasteiger partial charge in [0.2, 0.25) is 0 Å². The Kier molecular flexibility index (Phi) is 6.99. The van der Waals surface area contributed by atoms with Crippen LogP contribution in [0.15, 0.2) is 78.4 Å². The van der Waals surface area contributed by atoms with E-state index in [-0.39, 0.29) is 23.4 Å². The molecule has 8 heteroatoms. The molecule has 3 nitrogen and oxygen atoms in total. The van der Waals surface area contributed by atoms with E-state index < -0.39 is 4.33 Å². The smallest absolute Gasteiger partial charge is 0.142 e. The number of phenolic OH excluding ortho intramolecular Hbond substituents is 1. The van der Waals surface area contributed by atoms with Gasteiger partial charge in [-0.3, -0.25) is 0 Å². The third kappa shape index (κ3) is 4.96. The number of anilines is 1. The van der Waals surface area contributed by atoms with Crippen LogP contribution < -0.4 is 10.6 Å². The fourth-order valence-corrected chi connectivity index (χ4v) is 5.72. The molecule has 1 saturated carbocycles. The number of alkyl halides is 2. The first-order chi connectivity index (χ1) is 16.0. The average molecular weight is 540 g/mol. The Bertz CT molecular complexity index is 1230. The number of rotatable bonds is 7. The molecule has 0 aromatic heterocycles. The van der Waals surface area contributed by atoms with Crippen molar-refractivity contribution in [3.05, 3.63) is 99.6 Å². The van der Waals surface area contributed by atoms with Crippen LogP contribution in [0, 0.1) is 5.92 Å². The van der Waals surface area contributed by atoms with Crippen molar-refractivity contribution in [2.75, 3.05) is 5.32 Å². The number of aromatic hydroxyl groups is 1. The molecule has 4 rings (SSSR count). The fourth-order valence-electron chi connectivity index (χ4n) is 4.28. The molecule has 34 heavy (non-hydrogen) atoms. The van der Waals surface area contributed by atoms with Crippen molar-refractivity contribution in [1.29, 1.82) is 0 Å². The predicted molar refractivity (Wildman–Crippen MR) is 141 cm³/mol. The first-order valence-corrected chi connectivity index (χ1v) is 12.1. The van der Waals surface area contributed by atoms with Crippen LogP contribution in [0.5, 0.6) is 5.75 Å². The maximum atomic E-state index is 14.3. The Hall–Kier alpha value is -2.11. The lowest BCUT2D eigenvalue weighted by Gasteiger charge is -2.19. The van der Waals surface area contributed by atoms with Crippen molar-refractivity contribution in [1.82, 2.24) is 5.32 Å². The molecule has 0 aliphatic heterocycles. The van der Waals surface area contributed by atoms with Crippen LogP contribution in [0.25, 0.3) is 5.70 Å². The topological polar surface area (TPSA) is 44.3 Å². The van der Waals surface area contributed by atoms with Gasteiger partial charge < -0.3 is 15.7 Å². The lowest BCUT2D eigenvalue weighted by molar-refractivity contribution is 0.473. The lowest BCUT2D eigenvalue weighted by Crippen LogP contribution is -2.15. The second-order valence-electron chi connectivity index (χ2n) is 8.56. The zero-order chi connectivity index (χ0) is 24.8. The van der Waals surface area contributed by atoms with Crippen molar-refractivity contribution >= 4 is 57.8 Å². The van der Waals surface area contributed by atoms with Crippen LogP contribution in [0.2, 0.25) is 10.0 Å². The first-order valence-electron chi connectivity index (χ1n) is 10.6. The molecule has 2 aromatic carbocycles. The summed E-state index contributed by atoms with van der Waals surface area (Å²) in [7, 11) is 0. The quantitative estimate of drug-likeness (QED) is 0.243. The van der Waals surface area contributed by atoms with Crippen molar-refractivity contribution in [2.24, 2.45) is 5.92 Å². The van der Waals surface area contributed by atoms with Gasteiger partial charge in [-0.05, 0) is 73.4 Å².